The minimum absolute atomic E-state index is 0.339. The van der Waals surface area contributed by atoms with Crippen molar-refractivity contribution < 1.29 is 28.8 Å². The Kier molecular flexibility index (Phi) is 7.31. The molecular formula is C15H16NO6P. The maximum atomic E-state index is 11.2. The molecule has 0 aliphatic rings. The first-order valence-corrected chi connectivity index (χ1v) is 7.92. The van der Waals surface area contributed by atoms with Crippen LogP contribution in [0.2, 0.25) is 0 Å². The predicted octanol–water partition coefficient (Wildman–Crippen LogP) is 2.30. The molecule has 0 saturated heterocycles. The summed E-state index contributed by atoms with van der Waals surface area (Å²) in [7, 11) is -3.27. The van der Waals surface area contributed by atoms with Crippen LogP contribution in [-0.4, -0.2) is 34.0 Å². The van der Waals surface area contributed by atoms with Crippen molar-refractivity contribution in [3.05, 3.63) is 65.7 Å². The highest BCUT2D eigenvalue weighted by Crippen LogP contribution is 2.25. The third-order valence-electron chi connectivity index (χ3n) is 2.45. The van der Waals surface area contributed by atoms with Crippen LogP contribution in [0.25, 0.3) is 0 Å². The first-order chi connectivity index (χ1) is 10.8. The number of esters is 1. The molecule has 2 aromatic carbocycles. The standard InChI is InChI=1S/C15H13NO2.H3O4P/c1-18-15(17)13-7-9-14(10-8-13)16-11-12-5-3-2-4-6-12;1-5(2,3)4/h2-11H,1H3;(H3,1,2,3,4). The second-order valence-electron chi connectivity index (χ2n) is 4.22. The fourth-order valence-electron chi connectivity index (χ4n) is 1.49. The van der Waals surface area contributed by atoms with Crippen molar-refractivity contribution >= 4 is 25.7 Å². The molecule has 0 radical (unpaired) electrons. The van der Waals surface area contributed by atoms with Crippen molar-refractivity contribution in [2.75, 3.05) is 7.11 Å². The second-order valence-corrected chi connectivity index (χ2v) is 5.25. The molecule has 0 bridgehead atoms. The van der Waals surface area contributed by atoms with Crippen molar-refractivity contribution in [3.63, 3.8) is 0 Å². The zero-order valence-electron chi connectivity index (χ0n) is 12.2. The minimum Gasteiger partial charge on any atom is -0.465 e. The Balaban J connectivity index is 0.000000463. The van der Waals surface area contributed by atoms with Crippen LogP contribution in [0.5, 0.6) is 0 Å². The van der Waals surface area contributed by atoms with Crippen LogP contribution in [-0.2, 0) is 9.30 Å². The van der Waals surface area contributed by atoms with E-state index in [9.17, 15) is 4.79 Å². The van der Waals surface area contributed by atoms with Gasteiger partial charge in [-0.1, -0.05) is 30.3 Å². The second kappa shape index (κ2) is 8.97. The van der Waals surface area contributed by atoms with E-state index in [2.05, 4.69) is 9.73 Å². The first kappa shape index (κ1) is 18.7. The molecule has 0 spiro atoms. The maximum absolute atomic E-state index is 11.2. The Morgan fingerprint density at radius 2 is 1.57 bits per heavy atom. The number of aliphatic imine (C=N–C) groups is 1. The van der Waals surface area contributed by atoms with Crippen molar-refractivity contribution in [2.24, 2.45) is 4.99 Å². The highest BCUT2D eigenvalue weighted by molar-refractivity contribution is 7.45. The monoisotopic (exact) mass is 337 g/mol. The van der Waals surface area contributed by atoms with Crippen molar-refractivity contribution in [3.8, 4) is 0 Å². The normalized spacial score (nSPS) is 10.8. The number of methoxy groups -OCH3 is 1. The number of rotatable bonds is 3. The summed E-state index contributed by atoms with van der Waals surface area (Å²) in [4.78, 5) is 37.1. The molecule has 3 N–H and O–H groups in total. The summed E-state index contributed by atoms with van der Waals surface area (Å²) in [6.45, 7) is 0. The molecule has 122 valence electrons. The van der Waals surface area contributed by atoms with Gasteiger partial charge >= 0.3 is 13.8 Å². The van der Waals surface area contributed by atoms with Gasteiger partial charge in [0.05, 0.1) is 18.4 Å². The molecule has 0 fully saturated rings. The number of benzene rings is 2. The first-order valence-electron chi connectivity index (χ1n) is 6.35. The number of carbonyl (C=O) groups is 1. The minimum atomic E-state index is -4.64. The van der Waals surface area contributed by atoms with Crippen molar-refractivity contribution in [1.29, 1.82) is 0 Å². The van der Waals surface area contributed by atoms with Gasteiger partial charge in [0.25, 0.3) is 0 Å². The Morgan fingerprint density at radius 3 is 2.04 bits per heavy atom. The van der Waals surface area contributed by atoms with Crippen LogP contribution in [0.15, 0.2) is 59.6 Å². The fourth-order valence-corrected chi connectivity index (χ4v) is 1.49. The molecule has 23 heavy (non-hydrogen) atoms. The molecule has 0 aliphatic heterocycles. The van der Waals surface area contributed by atoms with Gasteiger partial charge in [-0.25, -0.2) is 9.36 Å². The lowest BCUT2D eigenvalue weighted by Gasteiger charge is -1.99. The van der Waals surface area contributed by atoms with E-state index in [1.165, 1.54) is 7.11 Å². The maximum Gasteiger partial charge on any atom is 0.466 e. The van der Waals surface area contributed by atoms with Crippen LogP contribution in [0.1, 0.15) is 15.9 Å². The molecule has 0 heterocycles. The molecule has 0 aliphatic carbocycles. The van der Waals surface area contributed by atoms with Gasteiger partial charge < -0.3 is 19.4 Å². The van der Waals surface area contributed by atoms with Crippen LogP contribution >= 0.6 is 7.82 Å². The summed E-state index contributed by atoms with van der Waals surface area (Å²) >= 11 is 0. The van der Waals surface area contributed by atoms with Gasteiger partial charge in [-0.2, -0.15) is 0 Å². The smallest absolute Gasteiger partial charge is 0.465 e. The zero-order valence-corrected chi connectivity index (χ0v) is 13.1. The summed E-state index contributed by atoms with van der Waals surface area (Å²) in [5.41, 5.74) is 2.36. The van der Waals surface area contributed by atoms with Crippen molar-refractivity contribution in [2.45, 2.75) is 0 Å². The average molecular weight is 337 g/mol. The molecule has 0 aromatic heterocycles. The number of nitrogens with zero attached hydrogens (tertiary/aromatic N) is 1. The van der Waals surface area contributed by atoms with E-state index in [-0.39, 0.29) is 5.97 Å². The van der Waals surface area contributed by atoms with Gasteiger partial charge in [0.1, 0.15) is 0 Å². The lowest BCUT2D eigenvalue weighted by atomic mass is 10.2. The van der Waals surface area contributed by atoms with Crippen LogP contribution in [0.4, 0.5) is 5.69 Å². The van der Waals surface area contributed by atoms with Gasteiger partial charge in [0, 0.05) is 6.21 Å². The highest BCUT2D eigenvalue weighted by Gasteiger charge is 2.03. The van der Waals surface area contributed by atoms with E-state index in [0.29, 0.717) is 5.56 Å². The van der Waals surface area contributed by atoms with Gasteiger partial charge in [-0.3, -0.25) is 4.99 Å². The molecule has 0 unspecified atom stereocenters. The molecular weight excluding hydrogens is 321 g/mol. The topological polar surface area (TPSA) is 116 Å². The van der Waals surface area contributed by atoms with Crippen LogP contribution in [0, 0.1) is 0 Å². The van der Waals surface area contributed by atoms with Crippen LogP contribution in [0.3, 0.4) is 0 Å². The average Bonchev–Trinajstić information content (AvgIpc) is 2.52. The van der Waals surface area contributed by atoms with Gasteiger partial charge in [-0.05, 0) is 29.8 Å². The summed E-state index contributed by atoms with van der Waals surface area (Å²) in [6.07, 6.45) is 1.78. The highest BCUT2D eigenvalue weighted by atomic mass is 31.2. The molecule has 2 aromatic rings. The van der Waals surface area contributed by atoms with Crippen molar-refractivity contribution in [1.82, 2.24) is 0 Å². The number of hydrogen-bond acceptors (Lipinski definition) is 4. The Hall–Kier alpha value is -2.31. The number of phosphoric acid groups is 1. The van der Waals surface area contributed by atoms with E-state index < -0.39 is 7.82 Å². The zero-order chi connectivity index (χ0) is 17.3. The van der Waals surface area contributed by atoms with Gasteiger partial charge in [-0.15, -0.1) is 0 Å². The van der Waals surface area contributed by atoms with Gasteiger partial charge in [0.2, 0.25) is 0 Å². The van der Waals surface area contributed by atoms with E-state index in [0.717, 1.165) is 11.3 Å². The molecule has 0 atom stereocenters. The summed E-state index contributed by atoms with van der Waals surface area (Å²) in [6, 6.07) is 16.8. The number of hydrogen-bond donors (Lipinski definition) is 3. The van der Waals surface area contributed by atoms with E-state index in [4.69, 9.17) is 19.2 Å². The van der Waals surface area contributed by atoms with Crippen LogP contribution < -0.4 is 0 Å². The van der Waals surface area contributed by atoms with E-state index in [1.807, 2.05) is 30.3 Å². The fraction of sp³-hybridized carbons (Fsp3) is 0.0667. The third kappa shape index (κ3) is 8.65. The third-order valence-corrected chi connectivity index (χ3v) is 2.45. The summed E-state index contributed by atoms with van der Waals surface area (Å²) in [5.74, 6) is -0.339. The Labute approximate surface area is 133 Å². The molecule has 8 heteroatoms. The van der Waals surface area contributed by atoms with E-state index >= 15 is 0 Å². The molecule has 2 rings (SSSR count). The predicted molar refractivity (Wildman–Crippen MR) is 85.7 cm³/mol. The van der Waals surface area contributed by atoms with Gasteiger partial charge in [0.15, 0.2) is 0 Å². The number of carbonyl (C=O) groups excluding carboxylic acids is 1. The molecule has 0 saturated carbocycles. The summed E-state index contributed by atoms with van der Waals surface area (Å²) in [5, 5.41) is 0. The Morgan fingerprint density at radius 1 is 1.04 bits per heavy atom. The molecule has 7 nitrogen and oxygen atoms in total. The van der Waals surface area contributed by atoms with E-state index in [1.54, 1.807) is 30.5 Å². The number of ether oxygens (including phenoxy) is 1. The quantitative estimate of drug-likeness (QED) is 0.449. The lowest BCUT2D eigenvalue weighted by molar-refractivity contribution is 0.0600. The Bertz CT molecular complexity index is 685. The largest absolute Gasteiger partial charge is 0.466 e. The molecule has 0 amide bonds. The lowest BCUT2D eigenvalue weighted by Crippen LogP contribution is -1.99. The summed E-state index contributed by atoms with van der Waals surface area (Å²) < 4.78 is 13.5. The SMILES string of the molecule is COC(=O)c1ccc(N=Cc2ccccc2)cc1.O=P(O)(O)O.